The van der Waals surface area contributed by atoms with Gasteiger partial charge in [-0.3, -0.25) is 4.79 Å². The van der Waals surface area contributed by atoms with Gasteiger partial charge in [-0.25, -0.2) is 4.98 Å². The van der Waals surface area contributed by atoms with Crippen molar-refractivity contribution in [3.63, 3.8) is 0 Å². The van der Waals surface area contributed by atoms with E-state index in [2.05, 4.69) is 42.6 Å². The van der Waals surface area contributed by atoms with E-state index in [1.807, 2.05) is 16.8 Å². The first-order valence-corrected chi connectivity index (χ1v) is 13.5. The summed E-state index contributed by atoms with van der Waals surface area (Å²) < 4.78 is 1.90. The molecule has 0 radical (unpaired) electrons. The zero-order valence-electron chi connectivity index (χ0n) is 21.1. The van der Waals surface area contributed by atoms with Gasteiger partial charge in [-0.2, -0.15) is 9.61 Å². The lowest BCUT2D eigenvalue weighted by molar-refractivity contribution is -0.121. The first-order valence-electron chi connectivity index (χ1n) is 13.5. The van der Waals surface area contributed by atoms with Gasteiger partial charge in [0.05, 0.1) is 6.20 Å². The molecule has 3 rings (SSSR count). The summed E-state index contributed by atoms with van der Waals surface area (Å²) in [4.78, 5) is 17.2. The Bertz CT molecular complexity index is 844. The Balaban J connectivity index is 1.43. The highest BCUT2D eigenvalue weighted by Crippen LogP contribution is 2.27. The highest BCUT2D eigenvalue weighted by Gasteiger charge is 2.26. The Hall–Kier alpha value is -2.11. The molecule has 1 aliphatic rings. The van der Waals surface area contributed by atoms with Gasteiger partial charge >= 0.3 is 0 Å². The molecule has 2 aromatic heterocycles. The fourth-order valence-corrected chi connectivity index (χ4v) is 5.12. The van der Waals surface area contributed by atoms with Gasteiger partial charge in [-0.15, -0.1) is 0 Å². The topological polar surface area (TPSA) is 71.3 Å². The molecule has 2 atom stereocenters. The van der Waals surface area contributed by atoms with Crippen molar-refractivity contribution in [2.75, 3.05) is 5.32 Å². The Kier molecular flexibility index (Phi) is 10.5. The number of fused-ring (bicyclic) bond motifs is 1. The van der Waals surface area contributed by atoms with Crippen LogP contribution in [-0.4, -0.2) is 32.6 Å². The third-order valence-electron chi connectivity index (χ3n) is 7.19. The van der Waals surface area contributed by atoms with E-state index in [1.165, 1.54) is 44.9 Å². The van der Waals surface area contributed by atoms with Gasteiger partial charge in [0, 0.05) is 42.2 Å². The van der Waals surface area contributed by atoms with Crippen LogP contribution < -0.4 is 10.6 Å². The average molecular weight is 456 g/mol. The molecule has 6 heteroatoms. The number of aromatic nitrogens is 3. The molecular formula is C27H45N5O. The molecule has 1 aliphatic carbocycles. The number of amides is 1. The van der Waals surface area contributed by atoms with Gasteiger partial charge in [0.25, 0.3) is 0 Å². The van der Waals surface area contributed by atoms with Gasteiger partial charge in [-0.05, 0) is 38.5 Å². The molecule has 0 aromatic carbocycles. The zero-order valence-corrected chi connectivity index (χ0v) is 21.1. The van der Waals surface area contributed by atoms with E-state index >= 15 is 0 Å². The quantitative estimate of drug-likeness (QED) is 0.296. The van der Waals surface area contributed by atoms with Crippen LogP contribution in [0.2, 0.25) is 0 Å². The summed E-state index contributed by atoms with van der Waals surface area (Å²) in [6.07, 6.45) is 17.8. The summed E-state index contributed by atoms with van der Waals surface area (Å²) >= 11 is 0. The van der Waals surface area contributed by atoms with Gasteiger partial charge in [0.15, 0.2) is 5.65 Å². The minimum atomic E-state index is 0.223. The van der Waals surface area contributed by atoms with Crippen molar-refractivity contribution in [3.8, 4) is 0 Å². The summed E-state index contributed by atoms with van der Waals surface area (Å²) in [5.74, 6) is 1.71. The van der Waals surface area contributed by atoms with Crippen LogP contribution in [0.5, 0.6) is 0 Å². The van der Waals surface area contributed by atoms with Crippen LogP contribution in [-0.2, 0) is 4.79 Å². The fraction of sp³-hybridized carbons (Fsp3) is 0.741. The molecule has 184 valence electrons. The van der Waals surface area contributed by atoms with Crippen molar-refractivity contribution in [2.45, 2.75) is 129 Å². The fourth-order valence-electron chi connectivity index (χ4n) is 5.12. The minimum Gasteiger partial charge on any atom is -0.367 e. The molecular weight excluding hydrogens is 410 g/mol. The van der Waals surface area contributed by atoms with Crippen molar-refractivity contribution in [3.05, 3.63) is 24.0 Å². The van der Waals surface area contributed by atoms with Crippen molar-refractivity contribution in [1.29, 1.82) is 0 Å². The molecule has 6 nitrogen and oxygen atoms in total. The number of nitrogens with one attached hydrogen (secondary N) is 2. The summed E-state index contributed by atoms with van der Waals surface area (Å²) in [6, 6.07) is 4.77. The first-order chi connectivity index (χ1) is 16.1. The number of carbonyl (C=O) groups is 1. The first kappa shape index (κ1) is 25.5. The predicted octanol–water partition coefficient (Wildman–Crippen LogP) is 6.61. The Morgan fingerprint density at radius 1 is 1.03 bits per heavy atom. The Labute approximate surface area is 200 Å². The third-order valence-corrected chi connectivity index (χ3v) is 7.19. The molecule has 33 heavy (non-hydrogen) atoms. The second-order valence-electron chi connectivity index (χ2n) is 9.82. The second kappa shape index (κ2) is 13.6. The molecule has 0 spiro atoms. The summed E-state index contributed by atoms with van der Waals surface area (Å²) in [6.45, 7) is 6.70. The molecule has 1 fully saturated rings. The van der Waals surface area contributed by atoms with Crippen LogP contribution in [0, 0.1) is 0 Å². The summed E-state index contributed by atoms with van der Waals surface area (Å²) in [7, 11) is 0. The van der Waals surface area contributed by atoms with Crippen LogP contribution in [0.1, 0.15) is 122 Å². The van der Waals surface area contributed by atoms with Crippen LogP contribution in [0.3, 0.4) is 0 Å². The average Bonchev–Trinajstić information content (AvgIpc) is 3.46. The lowest BCUT2D eigenvalue weighted by Gasteiger charge is -2.19. The van der Waals surface area contributed by atoms with E-state index in [4.69, 9.17) is 4.98 Å². The minimum absolute atomic E-state index is 0.223. The van der Waals surface area contributed by atoms with E-state index in [9.17, 15) is 4.79 Å². The largest absolute Gasteiger partial charge is 0.367 e. The number of rotatable bonds is 15. The SMILES string of the molecule is CCCCCCCCCCC(=O)N[C@H]1CC[C@H](Nc2cc(C(CC)CC)nc3ccnn23)C1. The van der Waals surface area contributed by atoms with Gasteiger partial charge in [0.2, 0.25) is 5.91 Å². The normalized spacial score (nSPS) is 18.3. The van der Waals surface area contributed by atoms with Gasteiger partial charge in [-0.1, -0.05) is 65.7 Å². The van der Waals surface area contributed by atoms with Crippen molar-refractivity contribution >= 4 is 17.4 Å². The molecule has 2 N–H and O–H groups in total. The smallest absolute Gasteiger partial charge is 0.220 e. The molecule has 1 saturated carbocycles. The summed E-state index contributed by atoms with van der Waals surface area (Å²) in [5.41, 5.74) is 2.04. The van der Waals surface area contributed by atoms with E-state index in [1.54, 1.807) is 0 Å². The molecule has 2 aromatic rings. The monoisotopic (exact) mass is 455 g/mol. The van der Waals surface area contributed by atoms with Crippen LogP contribution >= 0.6 is 0 Å². The molecule has 2 heterocycles. The number of nitrogens with zero attached hydrogens (tertiary/aromatic N) is 3. The zero-order chi connectivity index (χ0) is 23.5. The van der Waals surface area contributed by atoms with Crippen LogP contribution in [0.4, 0.5) is 5.82 Å². The van der Waals surface area contributed by atoms with Crippen molar-refractivity contribution < 1.29 is 4.79 Å². The third kappa shape index (κ3) is 7.72. The Morgan fingerprint density at radius 3 is 2.45 bits per heavy atom. The standard InChI is InChI=1S/C27H45N5O/c1-4-7-8-9-10-11-12-13-14-27(33)30-23-16-15-22(19-23)29-26-20-24(21(5-2)6-3)31-25-17-18-28-32(25)26/h17-18,20-23,29H,4-16,19H2,1-3H3,(H,30,33)/t22-,23-/m0/s1. The molecule has 0 unspecified atom stereocenters. The van der Waals surface area contributed by atoms with E-state index in [-0.39, 0.29) is 11.9 Å². The maximum Gasteiger partial charge on any atom is 0.220 e. The lowest BCUT2D eigenvalue weighted by atomic mass is 9.99. The second-order valence-corrected chi connectivity index (χ2v) is 9.82. The number of unbranched alkanes of at least 4 members (excludes halogenated alkanes) is 7. The highest BCUT2D eigenvalue weighted by atomic mass is 16.1. The van der Waals surface area contributed by atoms with Gasteiger partial charge in [0.1, 0.15) is 5.82 Å². The van der Waals surface area contributed by atoms with E-state index in [0.29, 0.717) is 18.4 Å². The Morgan fingerprint density at radius 2 is 1.73 bits per heavy atom. The highest BCUT2D eigenvalue weighted by molar-refractivity contribution is 5.76. The number of anilines is 1. The number of carbonyl (C=O) groups excluding carboxylic acids is 1. The molecule has 0 saturated heterocycles. The van der Waals surface area contributed by atoms with Crippen molar-refractivity contribution in [1.82, 2.24) is 19.9 Å². The molecule has 1 amide bonds. The van der Waals surface area contributed by atoms with E-state index < -0.39 is 0 Å². The van der Waals surface area contributed by atoms with E-state index in [0.717, 1.165) is 55.7 Å². The number of hydrogen-bond donors (Lipinski definition) is 2. The predicted molar refractivity (Wildman–Crippen MR) is 137 cm³/mol. The molecule has 0 bridgehead atoms. The van der Waals surface area contributed by atoms with Crippen LogP contribution in [0.25, 0.3) is 5.65 Å². The molecule has 0 aliphatic heterocycles. The number of hydrogen-bond acceptors (Lipinski definition) is 4. The summed E-state index contributed by atoms with van der Waals surface area (Å²) in [5, 5.41) is 11.5. The maximum atomic E-state index is 12.4. The van der Waals surface area contributed by atoms with Gasteiger partial charge < -0.3 is 10.6 Å². The van der Waals surface area contributed by atoms with Crippen molar-refractivity contribution in [2.24, 2.45) is 0 Å². The van der Waals surface area contributed by atoms with Crippen LogP contribution in [0.15, 0.2) is 18.3 Å². The maximum absolute atomic E-state index is 12.4. The lowest BCUT2D eigenvalue weighted by Crippen LogP contribution is -2.33.